The average Bonchev–Trinajstić information content (AvgIpc) is 3.53. The summed E-state index contributed by atoms with van der Waals surface area (Å²) in [6, 6.07) is 7.82. The molecule has 0 radical (unpaired) electrons. The first-order valence-electron chi connectivity index (χ1n) is 14.0. The Labute approximate surface area is 244 Å². The van der Waals surface area contributed by atoms with Crippen LogP contribution in [0.2, 0.25) is 0 Å². The number of ether oxygens (including phenoxy) is 4. The molecule has 2 aromatic rings. The summed E-state index contributed by atoms with van der Waals surface area (Å²) in [6.45, 7) is 5.41. The van der Waals surface area contributed by atoms with E-state index in [2.05, 4.69) is 36.3 Å². The standard InChI is InChI=1S/C27H39N7O6S/c1-19-31-33-26(34-32-19)20-6-8-21(9-7-20)40-17-16-39-15-14-38-13-12-37-11-10-28-24(35)5-3-2-4-23-25-22(18-41-23)29-27(36)30-25/h6-9,22-23,25H,2-5,10-18H2,1H3,(H,28,35)(H2,29,30,36)/t22-,23-,25-/m0/s1. The van der Waals surface area contributed by atoms with Gasteiger partial charge in [0.05, 0.1) is 51.7 Å². The number of urea groups is 1. The smallest absolute Gasteiger partial charge is 0.315 e. The molecule has 0 aliphatic carbocycles. The monoisotopic (exact) mass is 589 g/mol. The van der Waals surface area contributed by atoms with E-state index in [4.69, 9.17) is 18.9 Å². The van der Waals surface area contributed by atoms with Gasteiger partial charge in [0, 0.05) is 29.5 Å². The van der Waals surface area contributed by atoms with E-state index in [0.29, 0.717) is 76.1 Å². The summed E-state index contributed by atoms with van der Waals surface area (Å²) in [7, 11) is 0. The van der Waals surface area contributed by atoms with Crippen LogP contribution < -0.4 is 20.7 Å². The van der Waals surface area contributed by atoms with Gasteiger partial charge in [0.1, 0.15) is 12.4 Å². The van der Waals surface area contributed by atoms with Crippen LogP contribution >= 0.6 is 11.8 Å². The SMILES string of the molecule is Cc1nnc(-c2ccc(OCCOCCOCCOCCNC(=O)CCCC[C@@H]3SC[C@@H]4NC(=O)N[C@@H]43)cc2)nn1. The van der Waals surface area contributed by atoms with Gasteiger partial charge >= 0.3 is 6.03 Å². The molecule has 0 spiro atoms. The molecule has 2 fully saturated rings. The zero-order valence-electron chi connectivity index (χ0n) is 23.4. The minimum absolute atomic E-state index is 0.0442. The fraction of sp³-hybridized carbons (Fsp3) is 0.630. The van der Waals surface area contributed by atoms with E-state index in [1.165, 1.54) is 0 Å². The predicted octanol–water partition coefficient (Wildman–Crippen LogP) is 1.51. The Kier molecular flexibility index (Phi) is 12.8. The Hall–Kier alpha value is -3.07. The second-order valence-corrected chi connectivity index (χ2v) is 11.0. The van der Waals surface area contributed by atoms with Crippen molar-refractivity contribution in [2.75, 3.05) is 58.5 Å². The van der Waals surface area contributed by atoms with E-state index >= 15 is 0 Å². The van der Waals surface area contributed by atoms with E-state index in [1.807, 2.05) is 36.0 Å². The molecule has 1 aromatic carbocycles. The van der Waals surface area contributed by atoms with Crippen LogP contribution in [0.4, 0.5) is 4.79 Å². The average molecular weight is 590 g/mol. The van der Waals surface area contributed by atoms with Gasteiger partial charge in [-0.1, -0.05) is 6.42 Å². The van der Waals surface area contributed by atoms with E-state index < -0.39 is 0 Å². The molecule has 3 N–H and O–H groups in total. The number of hydrogen-bond donors (Lipinski definition) is 3. The van der Waals surface area contributed by atoms with E-state index in [1.54, 1.807) is 6.92 Å². The predicted molar refractivity (Wildman–Crippen MR) is 153 cm³/mol. The molecule has 3 heterocycles. The highest BCUT2D eigenvalue weighted by molar-refractivity contribution is 8.00. The van der Waals surface area contributed by atoms with Crippen LogP contribution in [0, 0.1) is 6.92 Å². The van der Waals surface area contributed by atoms with Gasteiger partial charge in [0.25, 0.3) is 0 Å². The van der Waals surface area contributed by atoms with Gasteiger partial charge < -0.3 is 34.9 Å². The topological polar surface area (TPSA) is 159 Å². The molecule has 41 heavy (non-hydrogen) atoms. The quantitative estimate of drug-likeness (QED) is 0.161. The molecule has 2 aliphatic rings. The normalized spacial score (nSPS) is 19.4. The van der Waals surface area contributed by atoms with Crippen molar-refractivity contribution in [2.45, 2.75) is 49.9 Å². The van der Waals surface area contributed by atoms with Crippen molar-refractivity contribution in [3.63, 3.8) is 0 Å². The lowest BCUT2D eigenvalue weighted by molar-refractivity contribution is -0.121. The number of hydrogen-bond acceptors (Lipinski definition) is 11. The Morgan fingerprint density at radius 1 is 0.927 bits per heavy atom. The summed E-state index contributed by atoms with van der Waals surface area (Å²) < 4.78 is 22.2. The molecule has 3 amide bonds. The lowest BCUT2D eigenvalue weighted by Crippen LogP contribution is -2.36. The van der Waals surface area contributed by atoms with Crippen LogP contribution in [0.15, 0.2) is 24.3 Å². The zero-order valence-corrected chi connectivity index (χ0v) is 24.2. The molecule has 2 aliphatic heterocycles. The van der Waals surface area contributed by atoms with Crippen molar-refractivity contribution < 1.29 is 28.5 Å². The van der Waals surface area contributed by atoms with Crippen LogP contribution in [-0.2, 0) is 19.0 Å². The van der Waals surface area contributed by atoms with Crippen molar-refractivity contribution in [1.82, 2.24) is 36.3 Å². The Balaban J connectivity index is 0.891. The van der Waals surface area contributed by atoms with E-state index in [9.17, 15) is 9.59 Å². The first kappa shape index (κ1) is 30.9. The summed E-state index contributed by atoms with van der Waals surface area (Å²) >= 11 is 1.90. The van der Waals surface area contributed by atoms with Crippen LogP contribution in [-0.4, -0.2) is 108 Å². The number of amides is 3. The van der Waals surface area contributed by atoms with Crippen molar-refractivity contribution in [1.29, 1.82) is 0 Å². The Morgan fingerprint density at radius 3 is 2.34 bits per heavy atom. The Morgan fingerprint density at radius 2 is 1.61 bits per heavy atom. The molecule has 0 bridgehead atoms. The molecule has 4 rings (SSSR count). The minimum atomic E-state index is -0.0590. The molecule has 13 nitrogen and oxygen atoms in total. The van der Waals surface area contributed by atoms with Crippen LogP contribution in [0.3, 0.4) is 0 Å². The van der Waals surface area contributed by atoms with Gasteiger partial charge in [0.15, 0.2) is 5.82 Å². The Bertz CT molecular complexity index is 1080. The number of aromatic nitrogens is 4. The maximum Gasteiger partial charge on any atom is 0.315 e. The first-order valence-corrected chi connectivity index (χ1v) is 15.1. The number of benzene rings is 1. The summed E-state index contributed by atoms with van der Waals surface area (Å²) in [5.41, 5.74) is 0.818. The fourth-order valence-corrected chi connectivity index (χ4v) is 6.02. The van der Waals surface area contributed by atoms with Crippen molar-refractivity contribution in [2.24, 2.45) is 0 Å². The summed E-state index contributed by atoms with van der Waals surface area (Å²) in [4.78, 5) is 23.5. The number of aryl methyl sites for hydroxylation is 1. The molecular weight excluding hydrogens is 550 g/mol. The number of unbranched alkanes of at least 4 members (excludes halogenated alkanes) is 1. The summed E-state index contributed by atoms with van der Waals surface area (Å²) in [6.07, 6.45) is 3.35. The van der Waals surface area contributed by atoms with Crippen molar-refractivity contribution in [3.8, 4) is 17.1 Å². The van der Waals surface area contributed by atoms with E-state index in [-0.39, 0.29) is 24.0 Å². The second-order valence-electron chi connectivity index (χ2n) is 9.70. The van der Waals surface area contributed by atoms with Crippen molar-refractivity contribution in [3.05, 3.63) is 30.1 Å². The number of rotatable bonds is 19. The molecule has 224 valence electrons. The number of carbonyl (C=O) groups is 2. The van der Waals surface area contributed by atoms with Crippen LogP contribution in [0.25, 0.3) is 11.4 Å². The third kappa shape index (κ3) is 10.7. The largest absolute Gasteiger partial charge is 0.491 e. The van der Waals surface area contributed by atoms with Gasteiger partial charge in [-0.3, -0.25) is 4.79 Å². The first-order chi connectivity index (χ1) is 20.1. The van der Waals surface area contributed by atoms with Crippen molar-refractivity contribution >= 4 is 23.7 Å². The maximum absolute atomic E-state index is 12.0. The summed E-state index contributed by atoms with van der Waals surface area (Å²) in [5.74, 6) is 2.73. The third-order valence-corrected chi connectivity index (χ3v) is 8.09. The minimum Gasteiger partial charge on any atom is -0.491 e. The van der Waals surface area contributed by atoms with Gasteiger partial charge in [-0.2, -0.15) is 11.8 Å². The molecule has 2 saturated heterocycles. The van der Waals surface area contributed by atoms with E-state index in [0.717, 1.165) is 36.3 Å². The van der Waals surface area contributed by atoms with Gasteiger partial charge in [-0.15, -0.1) is 20.4 Å². The van der Waals surface area contributed by atoms with Gasteiger partial charge in [-0.25, -0.2) is 4.79 Å². The molecule has 0 saturated carbocycles. The lowest BCUT2D eigenvalue weighted by atomic mass is 10.0. The lowest BCUT2D eigenvalue weighted by Gasteiger charge is -2.16. The number of nitrogens with one attached hydrogen (secondary N) is 3. The van der Waals surface area contributed by atoms with Gasteiger partial charge in [0.2, 0.25) is 11.7 Å². The molecule has 0 unspecified atom stereocenters. The number of fused-ring (bicyclic) bond motifs is 1. The van der Waals surface area contributed by atoms with Crippen LogP contribution in [0.5, 0.6) is 5.75 Å². The highest BCUT2D eigenvalue weighted by Gasteiger charge is 2.42. The number of nitrogens with zero attached hydrogens (tertiary/aromatic N) is 4. The molecule has 3 atom stereocenters. The number of thioether (sulfide) groups is 1. The third-order valence-electron chi connectivity index (χ3n) is 6.58. The second kappa shape index (κ2) is 17.0. The molecular formula is C27H39N7O6S. The van der Waals surface area contributed by atoms with Crippen LogP contribution in [0.1, 0.15) is 31.5 Å². The highest BCUT2D eigenvalue weighted by atomic mass is 32.2. The molecule has 1 aromatic heterocycles. The maximum atomic E-state index is 12.0. The fourth-order valence-electron chi connectivity index (χ4n) is 4.48. The zero-order chi connectivity index (χ0) is 28.7. The number of carbonyl (C=O) groups excluding carboxylic acids is 2. The van der Waals surface area contributed by atoms with Gasteiger partial charge in [-0.05, 0) is 44.0 Å². The summed E-state index contributed by atoms with van der Waals surface area (Å²) in [5, 5.41) is 25.1. The molecule has 14 heteroatoms. The highest BCUT2D eigenvalue weighted by Crippen LogP contribution is 2.33.